The minimum Gasteiger partial charge on any atom is -0.489 e. The molecule has 122 valence electrons. The van der Waals surface area contributed by atoms with Gasteiger partial charge in [-0.15, -0.1) is 0 Å². The molecule has 0 bridgehead atoms. The van der Waals surface area contributed by atoms with Gasteiger partial charge in [0.25, 0.3) is 5.91 Å². The molecule has 0 radical (unpaired) electrons. The van der Waals surface area contributed by atoms with Crippen molar-refractivity contribution in [3.8, 4) is 5.75 Å². The minimum absolute atomic E-state index is 0.0828. The van der Waals surface area contributed by atoms with E-state index in [2.05, 4.69) is 5.32 Å². The molecule has 0 saturated heterocycles. The molecule has 6 nitrogen and oxygen atoms in total. The summed E-state index contributed by atoms with van der Waals surface area (Å²) >= 11 is 0. The van der Waals surface area contributed by atoms with Crippen molar-refractivity contribution in [2.45, 2.75) is 26.9 Å². The van der Waals surface area contributed by atoms with Gasteiger partial charge in [-0.25, -0.2) is 4.79 Å². The topological polar surface area (TPSA) is 80.6 Å². The number of carboxylic acid groups (broad SMARTS) is 1. The molecule has 0 unspecified atom stereocenters. The molecule has 0 saturated carbocycles. The maximum Gasteiger partial charge on any atom is 0.335 e. The van der Waals surface area contributed by atoms with E-state index in [9.17, 15) is 9.59 Å². The van der Waals surface area contributed by atoms with Crippen molar-refractivity contribution in [2.24, 2.45) is 7.05 Å². The fraction of sp³-hybridized carbons (Fsp3) is 0.294. The monoisotopic (exact) mass is 316 g/mol. The Kier molecular flexibility index (Phi) is 4.74. The molecule has 1 amide bonds. The summed E-state index contributed by atoms with van der Waals surface area (Å²) in [5.74, 6) is -0.952. The van der Waals surface area contributed by atoms with Crippen molar-refractivity contribution in [3.05, 3.63) is 47.3 Å². The number of aromatic nitrogens is 1. The average molecular weight is 316 g/mol. The van der Waals surface area contributed by atoms with Gasteiger partial charge >= 0.3 is 5.97 Å². The summed E-state index contributed by atoms with van der Waals surface area (Å²) in [6.07, 6.45) is -0.0985. The highest BCUT2D eigenvalue weighted by Gasteiger charge is 2.16. The van der Waals surface area contributed by atoms with E-state index in [1.807, 2.05) is 26.8 Å². The van der Waals surface area contributed by atoms with Crippen LogP contribution in [-0.4, -0.2) is 27.7 Å². The maximum atomic E-state index is 12.4. The van der Waals surface area contributed by atoms with Crippen LogP contribution < -0.4 is 10.1 Å². The normalized spacial score (nSPS) is 10.7. The van der Waals surface area contributed by atoms with Crippen LogP contribution in [0.3, 0.4) is 0 Å². The van der Waals surface area contributed by atoms with Crippen molar-refractivity contribution < 1.29 is 19.4 Å². The molecule has 1 aromatic heterocycles. The van der Waals surface area contributed by atoms with Gasteiger partial charge in [0.2, 0.25) is 0 Å². The van der Waals surface area contributed by atoms with E-state index < -0.39 is 5.97 Å². The van der Waals surface area contributed by atoms with Crippen molar-refractivity contribution in [1.29, 1.82) is 0 Å². The van der Waals surface area contributed by atoms with Crippen LogP contribution in [0.15, 0.2) is 30.3 Å². The van der Waals surface area contributed by atoms with Crippen molar-refractivity contribution in [3.63, 3.8) is 0 Å². The van der Waals surface area contributed by atoms with Crippen LogP contribution in [0.1, 0.15) is 40.4 Å². The van der Waals surface area contributed by atoms with Gasteiger partial charge in [0.05, 0.1) is 17.4 Å². The van der Waals surface area contributed by atoms with E-state index in [0.29, 0.717) is 17.1 Å². The van der Waals surface area contributed by atoms with Crippen LogP contribution in [0.25, 0.3) is 0 Å². The second kappa shape index (κ2) is 6.56. The number of carbonyl (C=O) groups is 2. The molecule has 2 rings (SSSR count). The second-order valence-corrected chi connectivity index (χ2v) is 5.56. The van der Waals surface area contributed by atoms with Crippen LogP contribution >= 0.6 is 0 Å². The van der Waals surface area contributed by atoms with E-state index in [0.717, 1.165) is 5.69 Å². The van der Waals surface area contributed by atoms with Crippen LogP contribution in [0.5, 0.6) is 5.75 Å². The lowest BCUT2D eigenvalue weighted by Gasteiger charge is -2.16. The van der Waals surface area contributed by atoms with Gasteiger partial charge < -0.3 is 19.7 Å². The molecule has 0 atom stereocenters. The molecule has 23 heavy (non-hydrogen) atoms. The van der Waals surface area contributed by atoms with E-state index in [-0.39, 0.29) is 17.6 Å². The van der Waals surface area contributed by atoms with Crippen LogP contribution in [0.2, 0.25) is 0 Å². The lowest BCUT2D eigenvalue weighted by atomic mass is 10.2. The van der Waals surface area contributed by atoms with Gasteiger partial charge in [0.1, 0.15) is 11.4 Å². The smallest absolute Gasteiger partial charge is 0.335 e. The SMILES string of the molecule is Cc1ccc(C(=O)Nc2cc(C(=O)O)ccc2OC(C)C)n1C. The highest BCUT2D eigenvalue weighted by Crippen LogP contribution is 2.27. The molecule has 0 aliphatic carbocycles. The number of carbonyl (C=O) groups excluding carboxylic acids is 1. The van der Waals surface area contributed by atoms with Crippen molar-refractivity contribution in [2.75, 3.05) is 5.32 Å². The zero-order valence-electron chi connectivity index (χ0n) is 13.6. The molecule has 6 heteroatoms. The number of hydrogen-bond acceptors (Lipinski definition) is 3. The number of hydrogen-bond donors (Lipinski definition) is 2. The Hall–Kier alpha value is -2.76. The van der Waals surface area contributed by atoms with Gasteiger partial charge in [-0.2, -0.15) is 0 Å². The Morgan fingerprint density at radius 3 is 2.43 bits per heavy atom. The summed E-state index contributed by atoms with van der Waals surface area (Å²) in [4.78, 5) is 23.6. The number of anilines is 1. The number of amides is 1. The third-order valence-electron chi connectivity index (χ3n) is 3.44. The predicted molar refractivity (Wildman–Crippen MR) is 87.3 cm³/mol. The molecule has 0 aliphatic rings. The summed E-state index contributed by atoms with van der Waals surface area (Å²) in [6, 6.07) is 7.95. The fourth-order valence-corrected chi connectivity index (χ4v) is 2.14. The number of rotatable bonds is 5. The minimum atomic E-state index is -1.06. The Morgan fingerprint density at radius 1 is 1.22 bits per heavy atom. The summed E-state index contributed by atoms with van der Waals surface area (Å²) in [5, 5.41) is 11.9. The van der Waals surface area contributed by atoms with Gasteiger partial charge in [-0.05, 0) is 51.1 Å². The number of benzene rings is 1. The lowest BCUT2D eigenvalue weighted by molar-refractivity contribution is 0.0696. The first-order valence-electron chi connectivity index (χ1n) is 7.27. The largest absolute Gasteiger partial charge is 0.489 e. The van der Waals surface area contributed by atoms with Gasteiger partial charge in [0.15, 0.2) is 0 Å². The molecular formula is C17H20N2O4. The number of aromatic carboxylic acids is 1. The first-order valence-corrected chi connectivity index (χ1v) is 7.27. The van der Waals surface area contributed by atoms with Gasteiger partial charge in [-0.3, -0.25) is 4.79 Å². The lowest BCUT2D eigenvalue weighted by Crippen LogP contribution is -2.18. The Labute approximate surface area is 134 Å². The van der Waals surface area contributed by atoms with Gasteiger partial charge in [0, 0.05) is 12.7 Å². The van der Waals surface area contributed by atoms with Crippen LogP contribution in [-0.2, 0) is 7.05 Å². The molecular weight excluding hydrogens is 296 g/mol. The van der Waals surface area contributed by atoms with E-state index in [1.165, 1.54) is 12.1 Å². The predicted octanol–water partition coefficient (Wildman–Crippen LogP) is 3.07. The molecule has 1 aromatic carbocycles. The molecule has 2 aromatic rings. The van der Waals surface area contributed by atoms with Crippen molar-refractivity contribution in [1.82, 2.24) is 4.57 Å². The summed E-state index contributed by atoms with van der Waals surface area (Å²) in [5.41, 5.74) is 1.86. The molecule has 0 fully saturated rings. The quantitative estimate of drug-likeness (QED) is 0.888. The third-order valence-corrected chi connectivity index (χ3v) is 3.44. The second-order valence-electron chi connectivity index (χ2n) is 5.56. The Balaban J connectivity index is 2.35. The van der Waals surface area contributed by atoms with E-state index in [1.54, 1.807) is 23.7 Å². The Morgan fingerprint density at radius 2 is 1.91 bits per heavy atom. The van der Waals surface area contributed by atoms with Crippen LogP contribution in [0, 0.1) is 6.92 Å². The van der Waals surface area contributed by atoms with E-state index in [4.69, 9.17) is 9.84 Å². The molecule has 1 heterocycles. The number of carboxylic acids is 1. The number of nitrogens with zero attached hydrogens (tertiary/aromatic N) is 1. The average Bonchev–Trinajstić information content (AvgIpc) is 2.80. The molecule has 2 N–H and O–H groups in total. The highest BCUT2D eigenvalue weighted by molar-refractivity contribution is 6.04. The number of ether oxygens (including phenoxy) is 1. The zero-order valence-corrected chi connectivity index (χ0v) is 13.6. The zero-order chi connectivity index (χ0) is 17.1. The van der Waals surface area contributed by atoms with Gasteiger partial charge in [-0.1, -0.05) is 0 Å². The number of nitrogens with one attached hydrogen (secondary N) is 1. The number of aryl methyl sites for hydroxylation is 1. The third kappa shape index (κ3) is 3.71. The van der Waals surface area contributed by atoms with Crippen LogP contribution in [0.4, 0.5) is 5.69 Å². The maximum absolute atomic E-state index is 12.4. The first kappa shape index (κ1) is 16.6. The summed E-state index contributed by atoms with van der Waals surface area (Å²) < 4.78 is 7.40. The summed E-state index contributed by atoms with van der Waals surface area (Å²) in [7, 11) is 1.80. The molecule has 0 aliphatic heterocycles. The van der Waals surface area contributed by atoms with E-state index >= 15 is 0 Å². The highest BCUT2D eigenvalue weighted by atomic mass is 16.5. The summed E-state index contributed by atoms with van der Waals surface area (Å²) in [6.45, 7) is 5.61. The first-order chi connectivity index (χ1) is 10.8. The van der Waals surface area contributed by atoms with Crippen molar-refractivity contribution >= 4 is 17.6 Å². The standard InChI is InChI=1S/C17H20N2O4/c1-10(2)23-15-8-6-12(17(21)22)9-13(15)18-16(20)14-7-5-11(3)19(14)4/h5-10H,1-4H3,(H,18,20)(H,21,22). The Bertz CT molecular complexity index is 747. The fourth-order valence-electron chi connectivity index (χ4n) is 2.14. The molecule has 0 spiro atoms.